The summed E-state index contributed by atoms with van der Waals surface area (Å²) in [4.78, 5) is 17.7. The van der Waals surface area contributed by atoms with Crippen molar-refractivity contribution in [1.82, 2.24) is 5.32 Å². The normalized spacial score (nSPS) is 15.7. The van der Waals surface area contributed by atoms with Gasteiger partial charge in [0.15, 0.2) is 16.7 Å². The molecule has 5 nitrogen and oxygen atoms in total. The third kappa shape index (κ3) is 5.84. The summed E-state index contributed by atoms with van der Waals surface area (Å²) < 4.78 is 11.8. The highest BCUT2D eigenvalue weighted by Gasteiger charge is 2.24. The summed E-state index contributed by atoms with van der Waals surface area (Å²) in [5.41, 5.74) is 5.14. The number of benzene rings is 3. The zero-order chi connectivity index (χ0) is 23.2. The maximum absolute atomic E-state index is 12.5. The van der Waals surface area contributed by atoms with Crippen LogP contribution in [0.25, 0.3) is 6.08 Å². The summed E-state index contributed by atoms with van der Waals surface area (Å²) >= 11 is 1.33. The second kappa shape index (κ2) is 10.4. The van der Waals surface area contributed by atoms with E-state index in [2.05, 4.69) is 17.2 Å². The van der Waals surface area contributed by atoms with Crippen LogP contribution in [-0.2, 0) is 11.4 Å². The molecule has 0 atom stereocenters. The summed E-state index contributed by atoms with van der Waals surface area (Å²) in [5.74, 6) is 1.16. The molecule has 0 saturated carbocycles. The Bertz CT molecular complexity index is 1220. The zero-order valence-corrected chi connectivity index (χ0v) is 19.7. The van der Waals surface area contributed by atoms with Crippen LogP contribution in [0.3, 0.4) is 0 Å². The van der Waals surface area contributed by atoms with E-state index in [9.17, 15) is 4.79 Å². The topological polar surface area (TPSA) is 59.9 Å². The number of carbonyl (C=O) groups excluding carboxylic acids is 1. The second-order valence-electron chi connectivity index (χ2n) is 7.66. The number of hydrogen-bond donors (Lipinski definition) is 1. The average Bonchev–Trinajstić information content (AvgIpc) is 3.15. The van der Waals surface area contributed by atoms with Crippen LogP contribution in [0.1, 0.15) is 29.2 Å². The van der Waals surface area contributed by atoms with Crippen LogP contribution < -0.4 is 14.8 Å². The van der Waals surface area contributed by atoms with E-state index in [0.29, 0.717) is 34.8 Å². The number of carbonyl (C=O) groups is 1. The van der Waals surface area contributed by atoms with Gasteiger partial charge in [-0.3, -0.25) is 4.79 Å². The van der Waals surface area contributed by atoms with Gasteiger partial charge in [-0.05, 0) is 85.1 Å². The predicted molar refractivity (Wildman–Crippen MR) is 135 cm³/mol. The number of rotatable bonds is 7. The summed E-state index contributed by atoms with van der Waals surface area (Å²) in [6.07, 6.45) is 1.84. The van der Waals surface area contributed by atoms with Crippen LogP contribution in [0.2, 0.25) is 0 Å². The van der Waals surface area contributed by atoms with Gasteiger partial charge in [-0.2, -0.15) is 0 Å². The number of amides is 1. The van der Waals surface area contributed by atoms with Crippen LogP contribution in [0.5, 0.6) is 11.5 Å². The van der Waals surface area contributed by atoms with Gasteiger partial charge in [0.25, 0.3) is 5.91 Å². The monoisotopic (exact) mass is 458 g/mol. The van der Waals surface area contributed by atoms with Gasteiger partial charge in [-0.15, -0.1) is 0 Å². The fraction of sp³-hybridized carbons (Fsp3) is 0.185. The maximum atomic E-state index is 12.5. The first-order valence-corrected chi connectivity index (χ1v) is 11.6. The molecule has 168 valence electrons. The lowest BCUT2D eigenvalue weighted by molar-refractivity contribution is -0.115. The van der Waals surface area contributed by atoms with E-state index in [1.54, 1.807) is 0 Å². The zero-order valence-electron chi connectivity index (χ0n) is 18.9. The number of amidine groups is 1. The molecule has 0 bridgehead atoms. The number of aryl methyl sites for hydroxylation is 2. The predicted octanol–water partition coefficient (Wildman–Crippen LogP) is 6.17. The molecule has 1 fully saturated rings. The molecule has 3 aromatic carbocycles. The first-order valence-electron chi connectivity index (χ1n) is 10.8. The summed E-state index contributed by atoms with van der Waals surface area (Å²) in [6.45, 7) is 7.02. The molecule has 1 amide bonds. The minimum absolute atomic E-state index is 0.162. The number of aliphatic imine (C=N–C) groups is 1. The maximum Gasteiger partial charge on any atom is 0.264 e. The van der Waals surface area contributed by atoms with E-state index in [1.807, 2.05) is 86.7 Å². The highest BCUT2D eigenvalue weighted by Crippen LogP contribution is 2.33. The van der Waals surface area contributed by atoms with Crippen molar-refractivity contribution in [2.75, 3.05) is 6.61 Å². The van der Waals surface area contributed by atoms with Gasteiger partial charge in [0, 0.05) is 0 Å². The first-order chi connectivity index (χ1) is 16.0. The lowest BCUT2D eigenvalue weighted by Gasteiger charge is -2.13. The third-order valence-corrected chi connectivity index (χ3v) is 6.08. The van der Waals surface area contributed by atoms with Gasteiger partial charge in [0.1, 0.15) is 6.61 Å². The quantitative estimate of drug-likeness (QED) is 0.430. The van der Waals surface area contributed by atoms with Gasteiger partial charge in [0.2, 0.25) is 0 Å². The Labute approximate surface area is 198 Å². The van der Waals surface area contributed by atoms with Gasteiger partial charge in [0.05, 0.1) is 17.2 Å². The molecule has 1 aliphatic heterocycles. The van der Waals surface area contributed by atoms with Crippen LogP contribution in [0.15, 0.2) is 76.6 Å². The Kier molecular flexibility index (Phi) is 7.15. The number of nitrogens with zero attached hydrogens (tertiary/aromatic N) is 1. The van der Waals surface area contributed by atoms with Gasteiger partial charge < -0.3 is 14.8 Å². The van der Waals surface area contributed by atoms with E-state index in [-0.39, 0.29) is 5.91 Å². The Balaban J connectivity index is 1.51. The standard InChI is InChI=1S/C27H26N2O3S/c1-4-31-24-15-21(11-13-23(24)32-17-20-8-6-5-7-9-20)16-25-26(30)29-27(33-25)28-22-12-10-18(2)19(3)14-22/h5-16H,4,17H2,1-3H3,(H,28,29,30)/b25-16-. The Hall–Kier alpha value is -3.51. The number of nitrogens with one attached hydrogen (secondary N) is 1. The fourth-order valence-corrected chi connectivity index (χ4v) is 4.12. The second-order valence-corrected chi connectivity index (χ2v) is 8.69. The summed E-state index contributed by atoms with van der Waals surface area (Å²) in [7, 11) is 0. The number of ether oxygens (including phenoxy) is 2. The van der Waals surface area contributed by atoms with Crippen molar-refractivity contribution in [3.05, 3.63) is 93.9 Å². The Morgan fingerprint density at radius 2 is 1.76 bits per heavy atom. The van der Waals surface area contributed by atoms with Crippen molar-refractivity contribution in [2.24, 2.45) is 4.99 Å². The van der Waals surface area contributed by atoms with Crippen LogP contribution >= 0.6 is 11.8 Å². The van der Waals surface area contributed by atoms with Crippen molar-refractivity contribution >= 4 is 34.6 Å². The molecule has 1 N–H and O–H groups in total. The van der Waals surface area contributed by atoms with E-state index < -0.39 is 0 Å². The lowest BCUT2D eigenvalue weighted by atomic mass is 10.1. The molecular formula is C27H26N2O3S. The molecule has 0 spiro atoms. The van der Waals surface area contributed by atoms with Crippen LogP contribution in [0.4, 0.5) is 5.69 Å². The molecular weight excluding hydrogens is 432 g/mol. The van der Waals surface area contributed by atoms with Gasteiger partial charge in [-0.1, -0.05) is 42.5 Å². The van der Waals surface area contributed by atoms with Crippen molar-refractivity contribution in [2.45, 2.75) is 27.4 Å². The molecule has 3 aromatic rings. The highest BCUT2D eigenvalue weighted by atomic mass is 32.2. The third-order valence-electron chi connectivity index (χ3n) is 5.17. The molecule has 0 radical (unpaired) electrons. The molecule has 6 heteroatoms. The molecule has 0 unspecified atom stereocenters. The number of thioether (sulfide) groups is 1. The van der Waals surface area contributed by atoms with Crippen molar-refractivity contribution in [3.8, 4) is 11.5 Å². The van der Waals surface area contributed by atoms with Crippen LogP contribution in [0, 0.1) is 13.8 Å². The van der Waals surface area contributed by atoms with Crippen LogP contribution in [-0.4, -0.2) is 17.7 Å². The molecule has 0 aromatic heterocycles. The smallest absolute Gasteiger partial charge is 0.264 e. The van der Waals surface area contributed by atoms with Crippen molar-refractivity contribution in [3.63, 3.8) is 0 Å². The molecule has 1 heterocycles. The van der Waals surface area contributed by atoms with Gasteiger partial charge >= 0.3 is 0 Å². The summed E-state index contributed by atoms with van der Waals surface area (Å²) in [6, 6.07) is 21.7. The molecule has 1 aliphatic rings. The van der Waals surface area contributed by atoms with Crippen molar-refractivity contribution < 1.29 is 14.3 Å². The molecule has 0 aliphatic carbocycles. The lowest BCUT2D eigenvalue weighted by Crippen LogP contribution is -2.19. The largest absolute Gasteiger partial charge is 0.490 e. The van der Waals surface area contributed by atoms with E-state index in [0.717, 1.165) is 16.8 Å². The fourth-order valence-electron chi connectivity index (χ4n) is 3.28. The van der Waals surface area contributed by atoms with E-state index in [4.69, 9.17) is 9.47 Å². The van der Waals surface area contributed by atoms with E-state index in [1.165, 1.54) is 22.9 Å². The minimum Gasteiger partial charge on any atom is -0.490 e. The molecule has 33 heavy (non-hydrogen) atoms. The van der Waals surface area contributed by atoms with Gasteiger partial charge in [-0.25, -0.2) is 4.99 Å². The van der Waals surface area contributed by atoms with Crippen molar-refractivity contribution in [1.29, 1.82) is 0 Å². The molecule has 4 rings (SSSR count). The average molecular weight is 459 g/mol. The first kappa shape index (κ1) is 22.7. The summed E-state index contributed by atoms with van der Waals surface area (Å²) in [5, 5.41) is 3.42. The Morgan fingerprint density at radius 3 is 2.52 bits per heavy atom. The SMILES string of the molecule is CCOc1cc(/C=C2\SC(=Nc3ccc(C)c(C)c3)NC2=O)ccc1OCc1ccccc1. The minimum atomic E-state index is -0.162. The molecule has 1 saturated heterocycles. The number of hydrogen-bond acceptors (Lipinski definition) is 5. The Morgan fingerprint density at radius 1 is 0.939 bits per heavy atom. The van der Waals surface area contributed by atoms with E-state index >= 15 is 0 Å². The highest BCUT2D eigenvalue weighted by molar-refractivity contribution is 8.18.